The molecule has 0 aromatic heterocycles. The van der Waals surface area contributed by atoms with Crippen molar-refractivity contribution in [1.29, 1.82) is 0 Å². The number of imide groups is 1. The van der Waals surface area contributed by atoms with Crippen molar-refractivity contribution in [3.8, 4) is 11.1 Å². The lowest BCUT2D eigenvalue weighted by atomic mass is 10.0. The fourth-order valence-corrected chi connectivity index (χ4v) is 7.50. The zero-order valence-corrected chi connectivity index (χ0v) is 30.0. The zero-order valence-electron chi connectivity index (χ0n) is 30.0. The van der Waals surface area contributed by atoms with E-state index in [0.29, 0.717) is 25.0 Å². The zero-order chi connectivity index (χ0) is 36.6. The normalized spacial score (nSPS) is 27.7. The molecule has 12 heteroatoms. The smallest absolute Gasteiger partial charge is 0.408 e. The molecular weight excluding hydrogens is 662 g/mol. The molecule has 52 heavy (non-hydrogen) atoms. The van der Waals surface area contributed by atoms with Crippen molar-refractivity contribution in [2.75, 3.05) is 6.54 Å². The first-order valence-electron chi connectivity index (χ1n) is 18.5. The number of fused-ring (bicyclic) bond motifs is 5. The number of oxime groups is 1. The Kier molecular flexibility index (Phi) is 9.67. The molecule has 2 aromatic carbocycles. The Morgan fingerprint density at radius 2 is 1.60 bits per heavy atom. The van der Waals surface area contributed by atoms with Crippen molar-refractivity contribution < 1.29 is 33.5 Å². The molecule has 3 aliphatic carbocycles. The monoisotopic (exact) mass is 709 g/mol. The van der Waals surface area contributed by atoms with Gasteiger partial charge in [-0.05, 0) is 70.4 Å². The fourth-order valence-electron chi connectivity index (χ4n) is 7.50. The van der Waals surface area contributed by atoms with Crippen molar-refractivity contribution in [1.82, 2.24) is 20.9 Å². The Morgan fingerprint density at radius 1 is 0.923 bits per heavy atom. The summed E-state index contributed by atoms with van der Waals surface area (Å²) in [4.78, 5) is 75.6. The molecule has 5 atom stereocenters. The molecule has 0 bridgehead atoms. The standard InChI is InChI=1S/C40H47N5O7/c1-39(2,3)51-38(50)41-31-18-8-6-4-5-7-13-25-22-40(25,37(49)42-34(46)24-19-20-24)43-35(47)32-21-26(23-45(32)36(31)48)52-44-33-29-16-11-9-14-27(29)28-15-10-12-17-30(28)33/h7,9-17,24-26,31-32H,4-6,8,18-23H2,1-3H3,(H,41,50)(H,43,47)(H,42,46,49)/b13-7+/t25?,26-,31-,32+,40-/m1/s1. The second kappa shape index (κ2) is 14.2. The Balaban J connectivity index is 1.17. The van der Waals surface area contributed by atoms with Gasteiger partial charge >= 0.3 is 6.09 Å². The van der Waals surface area contributed by atoms with Gasteiger partial charge in [-0.1, -0.05) is 78.7 Å². The van der Waals surface area contributed by atoms with E-state index in [1.54, 1.807) is 20.8 Å². The van der Waals surface area contributed by atoms with Gasteiger partial charge < -0.3 is 25.1 Å². The first-order chi connectivity index (χ1) is 24.9. The lowest BCUT2D eigenvalue weighted by Crippen LogP contribution is -2.58. The molecule has 7 rings (SSSR count). The molecule has 5 aliphatic rings. The summed E-state index contributed by atoms with van der Waals surface area (Å²) in [7, 11) is 0. The van der Waals surface area contributed by atoms with E-state index in [9.17, 15) is 24.0 Å². The minimum absolute atomic E-state index is 0.0339. The van der Waals surface area contributed by atoms with Crippen LogP contribution in [-0.4, -0.2) is 76.2 Å². The summed E-state index contributed by atoms with van der Waals surface area (Å²) in [6.45, 7) is 5.28. The number of carbonyl (C=O) groups excluding carboxylic acids is 5. The molecule has 2 aliphatic heterocycles. The lowest BCUT2D eigenvalue weighted by Gasteiger charge is -2.30. The minimum Gasteiger partial charge on any atom is -0.444 e. The average molecular weight is 710 g/mol. The molecule has 5 amide bonds. The van der Waals surface area contributed by atoms with Crippen LogP contribution in [-0.2, 0) is 28.8 Å². The van der Waals surface area contributed by atoms with Gasteiger partial charge in [0.05, 0.1) is 6.54 Å². The van der Waals surface area contributed by atoms with Crippen LogP contribution in [0.2, 0.25) is 0 Å². The molecular formula is C40H47N5O7. The van der Waals surface area contributed by atoms with Crippen molar-refractivity contribution in [2.45, 2.75) is 108 Å². The maximum Gasteiger partial charge on any atom is 0.408 e. The van der Waals surface area contributed by atoms with E-state index in [-0.39, 0.29) is 30.7 Å². The van der Waals surface area contributed by atoms with E-state index < -0.39 is 53.1 Å². The molecule has 1 saturated heterocycles. The van der Waals surface area contributed by atoms with Crippen molar-refractivity contribution in [3.05, 3.63) is 71.8 Å². The Hall–Kier alpha value is -5.00. The number of rotatable bonds is 5. The van der Waals surface area contributed by atoms with Gasteiger partial charge in [-0.2, -0.15) is 0 Å². The molecule has 2 aromatic rings. The predicted molar refractivity (Wildman–Crippen MR) is 193 cm³/mol. The van der Waals surface area contributed by atoms with Crippen LogP contribution in [0.25, 0.3) is 11.1 Å². The maximum atomic E-state index is 14.4. The third-order valence-electron chi connectivity index (χ3n) is 10.5. The molecule has 2 heterocycles. The summed E-state index contributed by atoms with van der Waals surface area (Å²) in [5, 5.41) is 12.9. The van der Waals surface area contributed by atoms with E-state index in [1.807, 2.05) is 60.7 Å². The van der Waals surface area contributed by atoms with Gasteiger partial charge in [0.1, 0.15) is 35.0 Å². The molecule has 12 nitrogen and oxygen atoms in total. The highest BCUT2D eigenvalue weighted by Crippen LogP contribution is 2.46. The number of hydrogen-bond donors (Lipinski definition) is 3. The third-order valence-corrected chi connectivity index (χ3v) is 10.5. The first kappa shape index (κ1) is 35.4. The van der Waals surface area contributed by atoms with E-state index in [2.05, 4.69) is 21.1 Å². The highest BCUT2D eigenvalue weighted by atomic mass is 16.6. The summed E-state index contributed by atoms with van der Waals surface area (Å²) in [5.41, 5.74) is 2.52. The molecule has 2 saturated carbocycles. The van der Waals surface area contributed by atoms with E-state index in [4.69, 9.17) is 9.57 Å². The molecule has 3 fully saturated rings. The van der Waals surface area contributed by atoms with Crippen molar-refractivity contribution >= 4 is 35.4 Å². The number of nitrogens with one attached hydrogen (secondary N) is 3. The summed E-state index contributed by atoms with van der Waals surface area (Å²) >= 11 is 0. The molecule has 0 radical (unpaired) electrons. The number of nitrogens with zero attached hydrogens (tertiary/aromatic N) is 2. The topological polar surface area (TPSA) is 156 Å². The molecule has 274 valence electrons. The second-order valence-electron chi connectivity index (χ2n) is 15.6. The number of alkyl carbamates (subject to hydrolysis) is 1. The van der Waals surface area contributed by atoms with Crippen LogP contribution in [0.3, 0.4) is 0 Å². The van der Waals surface area contributed by atoms with Crippen LogP contribution in [0, 0.1) is 11.8 Å². The van der Waals surface area contributed by atoms with Crippen LogP contribution in [0.5, 0.6) is 0 Å². The number of benzene rings is 2. The highest BCUT2D eigenvalue weighted by Gasteiger charge is 2.61. The fraction of sp³-hybridized carbons (Fsp3) is 0.500. The summed E-state index contributed by atoms with van der Waals surface area (Å²) < 4.78 is 5.51. The minimum atomic E-state index is -1.31. The summed E-state index contributed by atoms with van der Waals surface area (Å²) in [6.07, 6.45) is 7.93. The van der Waals surface area contributed by atoms with Crippen LogP contribution in [0.15, 0.2) is 65.8 Å². The van der Waals surface area contributed by atoms with Crippen LogP contribution in [0.1, 0.15) is 89.7 Å². The summed E-state index contributed by atoms with van der Waals surface area (Å²) in [5.74, 6) is -2.29. The van der Waals surface area contributed by atoms with Crippen LogP contribution in [0.4, 0.5) is 4.79 Å². The van der Waals surface area contributed by atoms with E-state index >= 15 is 0 Å². The maximum absolute atomic E-state index is 14.4. The van der Waals surface area contributed by atoms with Gasteiger partial charge in [-0.25, -0.2) is 4.79 Å². The predicted octanol–water partition coefficient (Wildman–Crippen LogP) is 4.75. The average Bonchev–Trinajstić information content (AvgIpc) is 4.00. The SMILES string of the molecule is CC(C)(C)OC(=O)N[C@@H]1CCCCC/C=C/C2C[C@@]2(C(=O)NC(=O)C2CC2)NC(=O)[C@@H]2C[C@@H](ON=C3c4ccccc4-c4ccccc43)CN2C1=O. The number of hydrogen-bond acceptors (Lipinski definition) is 8. The third kappa shape index (κ3) is 7.47. The Morgan fingerprint density at radius 3 is 2.25 bits per heavy atom. The number of amides is 5. The number of carbonyl (C=O) groups is 5. The van der Waals surface area contributed by atoms with Gasteiger partial charge in [-0.15, -0.1) is 0 Å². The first-order valence-corrected chi connectivity index (χ1v) is 18.5. The largest absolute Gasteiger partial charge is 0.444 e. The van der Waals surface area contributed by atoms with Gasteiger partial charge in [-0.3, -0.25) is 24.5 Å². The van der Waals surface area contributed by atoms with E-state index in [1.165, 1.54) is 4.90 Å². The molecule has 0 spiro atoms. The van der Waals surface area contributed by atoms with Crippen molar-refractivity contribution in [2.24, 2.45) is 17.0 Å². The molecule has 3 N–H and O–H groups in total. The van der Waals surface area contributed by atoms with Crippen LogP contribution >= 0.6 is 0 Å². The Labute approximate surface area is 303 Å². The van der Waals surface area contributed by atoms with Gasteiger partial charge in [0.15, 0.2) is 0 Å². The quantitative estimate of drug-likeness (QED) is 0.196. The number of allylic oxidation sites excluding steroid dienone is 1. The highest BCUT2D eigenvalue weighted by molar-refractivity contribution is 6.24. The van der Waals surface area contributed by atoms with Gasteiger partial charge in [0.2, 0.25) is 17.7 Å². The molecule has 1 unspecified atom stereocenters. The lowest BCUT2D eigenvalue weighted by molar-refractivity contribution is -0.141. The van der Waals surface area contributed by atoms with Crippen LogP contribution < -0.4 is 16.0 Å². The summed E-state index contributed by atoms with van der Waals surface area (Å²) in [6, 6.07) is 13.9. The van der Waals surface area contributed by atoms with Gasteiger partial charge in [0.25, 0.3) is 5.91 Å². The second-order valence-corrected chi connectivity index (χ2v) is 15.6. The number of ether oxygens (including phenoxy) is 1. The van der Waals surface area contributed by atoms with E-state index in [0.717, 1.165) is 54.4 Å². The van der Waals surface area contributed by atoms with Gasteiger partial charge in [0, 0.05) is 29.4 Å². The van der Waals surface area contributed by atoms with Crippen molar-refractivity contribution in [3.63, 3.8) is 0 Å². The Bertz CT molecular complexity index is 1780.